The van der Waals surface area contributed by atoms with Crippen LogP contribution in [0.25, 0.3) is 0 Å². The Bertz CT molecular complexity index is 963. The molecule has 0 spiro atoms. The monoisotopic (exact) mass is 486 g/mol. The Balaban J connectivity index is 1.50. The second-order valence-electron chi connectivity index (χ2n) is 8.86. The minimum atomic E-state index is 0.738. The van der Waals surface area contributed by atoms with E-state index < -0.39 is 0 Å². The quantitative estimate of drug-likeness (QED) is 0.557. The molecule has 0 saturated carbocycles. The van der Waals surface area contributed by atoms with Gasteiger partial charge in [0.2, 0.25) is 0 Å². The van der Waals surface area contributed by atoms with Crippen molar-refractivity contribution < 1.29 is 4.74 Å². The minimum Gasteiger partial charge on any atom is -0.379 e. The third-order valence-electron chi connectivity index (χ3n) is 6.70. The second kappa shape index (κ2) is 11.5. The summed E-state index contributed by atoms with van der Waals surface area (Å²) in [5, 5.41) is 4.94. The van der Waals surface area contributed by atoms with Crippen LogP contribution in [-0.2, 0) is 17.7 Å². The fourth-order valence-electron chi connectivity index (χ4n) is 4.65. The fraction of sp³-hybridized carbons (Fsp3) is 0.500. The van der Waals surface area contributed by atoms with Crippen molar-refractivity contribution >= 4 is 40.3 Å². The molecule has 0 aliphatic carbocycles. The molecule has 1 fully saturated rings. The summed E-state index contributed by atoms with van der Waals surface area (Å²) in [6.07, 6.45) is 2.37. The average Bonchev–Trinajstić information content (AvgIpc) is 2.84. The summed E-state index contributed by atoms with van der Waals surface area (Å²) in [7, 11) is 0. The van der Waals surface area contributed by atoms with Crippen LogP contribution in [0.3, 0.4) is 0 Å². The van der Waals surface area contributed by atoms with E-state index in [2.05, 4.69) is 45.1 Å². The summed E-state index contributed by atoms with van der Waals surface area (Å²) in [4.78, 5) is 7.22. The van der Waals surface area contributed by atoms with Crippen LogP contribution in [0.1, 0.15) is 30.0 Å². The van der Waals surface area contributed by atoms with Gasteiger partial charge in [-0.05, 0) is 73.8 Å². The molecule has 4 rings (SSSR count). The summed E-state index contributed by atoms with van der Waals surface area (Å²) in [5.41, 5.74) is 6.14. The Labute approximate surface area is 208 Å². The number of aryl methyl sites for hydroxylation is 1. The maximum absolute atomic E-state index is 6.34. The first kappa shape index (κ1) is 24.3. The Morgan fingerprint density at radius 2 is 2.00 bits per heavy atom. The lowest BCUT2D eigenvalue weighted by Gasteiger charge is -2.33. The number of hydrogen-bond acceptors (Lipinski definition) is 4. The zero-order valence-corrected chi connectivity index (χ0v) is 21.4. The van der Waals surface area contributed by atoms with E-state index >= 15 is 0 Å². The molecular formula is C26H35ClN4OS. The van der Waals surface area contributed by atoms with Crippen molar-refractivity contribution in [2.24, 2.45) is 0 Å². The van der Waals surface area contributed by atoms with Crippen LogP contribution in [0.15, 0.2) is 36.4 Å². The number of nitrogens with one attached hydrogen (secondary N) is 1. The van der Waals surface area contributed by atoms with E-state index in [1.165, 1.54) is 23.2 Å². The fourth-order valence-corrected chi connectivity index (χ4v) is 5.09. The number of hydrogen-bond donors (Lipinski definition) is 1. The molecule has 0 atom stereocenters. The predicted octanol–water partition coefficient (Wildman–Crippen LogP) is 4.95. The highest BCUT2D eigenvalue weighted by molar-refractivity contribution is 7.80. The number of anilines is 2. The van der Waals surface area contributed by atoms with E-state index in [4.69, 9.17) is 28.6 Å². The predicted molar refractivity (Wildman–Crippen MR) is 143 cm³/mol. The standard InChI is InChI=1S/C26H35ClN4OS/c1-3-30-11-5-6-22-18-21(9-10-25(22)30)19-31(13-12-29-14-16-32-17-15-29)26(33)28-24-8-4-7-23(27)20(24)2/h4,7-10,18H,3,5-6,11-17,19H2,1-2H3,(H,28,33). The highest BCUT2D eigenvalue weighted by Crippen LogP contribution is 2.28. The molecule has 0 radical (unpaired) electrons. The molecule has 2 aromatic carbocycles. The van der Waals surface area contributed by atoms with Gasteiger partial charge in [0.05, 0.1) is 13.2 Å². The van der Waals surface area contributed by atoms with Gasteiger partial charge >= 0.3 is 0 Å². The van der Waals surface area contributed by atoms with Crippen LogP contribution in [0.2, 0.25) is 5.02 Å². The van der Waals surface area contributed by atoms with Crippen molar-refractivity contribution in [2.75, 3.05) is 62.7 Å². The van der Waals surface area contributed by atoms with Crippen molar-refractivity contribution in [3.8, 4) is 0 Å². The van der Waals surface area contributed by atoms with E-state index in [9.17, 15) is 0 Å². The number of morpholine rings is 1. The molecule has 0 amide bonds. The van der Waals surface area contributed by atoms with Gasteiger partial charge in [0.1, 0.15) is 0 Å². The van der Waals surface area contributed by atoms with E-state index in [1.54, 1.807) is 0 Å². The topological polar surface area (TPSA) is 31.0 Å². The lowest BCUT2D eigenvalue weighted by atomic mass is 9.99. The molecule has 7 heteroatoms. The van der Waals surface area contributed by atoms with E-state index in [0.29, 0.717) is 0 Å². The molecule has 1 N–H and O–H groups in total. The second-order valence-corrected chi connectivity index (χ2v) is 9.66. The Hall–Kier alpha value is -1.86. The van der Waals surface area contributed by atoms with Crippen molar-refractivity contribution in [3.05, 3.63) is 58.1 Å². The van der Waals surface area contributed by atoms with Crippen LogP contribution < -0.4 is 10.2 Å². The van der Waals surface area contributed by atoms with Gasteiger partial charge in [-0.1, -0.05) is 29.8 Å². The molecule has 5 nitrogen and oxygen atoms in total. The number of halogens is 1. The smallest absolute Gasteiger partial charge is 0.173 e. The van der Waals surface area contributed by atoms with Gasteiger partial charge < -0.3 is 19.9 Å². The summed E-state index contributed by atoms with van der Waals surface area (Å²) >= 11 is 12.2. The molecule has 1 saturated heterocycles. The number of rotatable bonds is 7. The first-order valence-corrected chi connectivity index (χ1v) is 12.8. The summed E-state index contributed by atoms with van der Waals surface area (Å²) in [6.45, 7) is 12.7. The molecule has 2 heterocycles. The van der Waals surface area contributed by atoms with Gasteiger partial charge in [-0.15, -0.1) is 0 Å². The molecule has 0 bridgehead atoms. The van der Waals surface area contributed by atoms with Crippen LogP contribution >= 0.6 is 23.8 Å². The molecule has 0 unspecified atom stereocenters. The van der Waals surface area contributed by atoms with Gasteiger partial charge in [0.15, 0.2) is 5.11 Å². The highest BCUT2D eigenvalue weighted by atomic mass is 35.5. The Morgan fingerprint density at radius 3 is 2.79 bits per heavy atom. The Kier molecular flexibility index (Phi) is 8.47. The Morgan fingerprint density at radius 1 is 1.18 bits per heavy atom. The number of ether oxygens (including phenoxy) is 1. The summed E-state index contributed by atoms with van der Waals surface area (Å²) in [5.74, 6) is 0. The molecule has 178 valence electrons. The third-order valence-corrected chi connectivity index (χ3v) is 7.47. The van der Waals surface area contributed by atoms with Gasteiger partial charge in [0, 0.05) is 62.2 Å². The van der Waals surface area contributed by atoms with Crippen LogP contribution in [0.4, 0.5) is 11.4 Å². The van der Waals surface area contributed by atoms with Crippen LogP contribution in [0, 0.1) is 6.92 Å². The number of nitrogens with zero attached hydrogens (tertiary/aromatic N) is 3. The molecular weight excluding hydrogens is 452 g/mol. The van der Waals surface area contributed by atoms with E-state index in [-0.39, 0.29) is 0 Å². The lowest BCUT2D eigenvalue weighted by molar-refractivity contribution is 0.0358. The number of thiocarbonyl (C=S) groups is 1. The summed E-state index contributed by atoms with van der Waals surface area (Å²) in [6, 6.07) is 12.8. The maximum atomic E-state index is 6.34. The first-order valence-electron chi connectivity index (χ1n) is 12.0. The van der Waals surface area contributed by atoms with Crippen LogP contribution in [-0.4, -0.2) is 67.4 Å². The van der Waals surface area contributed by atoms with Crippen molar-refractivity contribution in [1.82, 2.24) is 9.80 Å². The molecule has 2 aliphatic rings. The highest BCUT2D eigenvalue weighted by Gasteiger charge is 2.19. The van der Waals surface area contributed by atoms with Crippen molar-refractivity contribution in [1.29, 1.82) is 0 Å². The maximum Gasteiger partial charge on any atom is 0.173 e. The van der Waals surface area contributed by atoms with Crippen LogP contribution in [0.5, 0.6) is 0 Å². The lowest BCUT2D eigenvalue weighted by Crippen LogP contribution is -2.44. The van der Waals surface area contributed by atoms with E-state index in [1.807, 2.05) is 25.1 Å². The van der Waals surface area contributed by atoms with Gasteiger partial charge in [-0.2, -0.15) is 0 Å². The molecule has 2 aromatic rings. The average molecular weight is 487 g/mol. The minimum absolute atomic E-state index is 0.738. The zero-order valence-electron chi connectivity index (χ0n) is 19.8. The third kappa shape index (κ3) is 6.18. The SMILES string of the molecule is CCN1CCCc2cc(CN(CCN3CCOCC3)C(=S)Nc3cccc(Cl)c3C)ccc21. The van der Waals surface area contributed by atoms with Gasteiger partial charge in [-0.25, -0.2) is 0 Å². The normalized spacial score (nSPS) is 16.4. The molecule has 0 aromatic heterocycles. The molecule has 33 heavy (non-hydrogen) atoms. The number of benzene rings is 2. The van der Waals surface area contributed by atoms with Crippen molar-refractivity contribution in [2.45, 2.75) is 33.2 Å². The number of fused-ring (bicyclic) bond motifs is 1. The summed E-state index contributed by atoms with van der Waals surface area (Å²) < 4.78 is 5.51. The van der Waals surface area contributed by atoms with E-state index in [0.717, 1.165) is 86.8 Å². The van der Waals surface area contributed by atoms with Crippen molar-refractivity contribution in [3.63, 3.8) is 0 Å². The first-order chi connectivity index (χ1) is 16.0. The van der Waals surface area contributed by atoms with Gasteiger partial charge in [0.25, 0.3) is 0 Å². The zero-order chi connectivity index (χ0) is 23.2. The largest absolute Gasteiger partial charge is 0.379 e. The molecule has 2 aliphatic heterocycles. The van der Waals surface area contributed by atoms with Gasteiger partial charge in [-0.3, -0.25) is 4.90 Å².